The molecule has 2 aromatic carbocycles. The van der Waals surface area contributed by atoms with Crippen LogP contribution in [-0.2, 0) is 13.1 Å². The topological polar surface area (TPSA) is 69.0 Å². The quantitative estimate of drug-likeness (QED) is 0.785. The highest BCUT2D eigenvalue weighted by Crippen LogP contribution is 2.14. The van der Waals surface area contributed by atoms with Crippen molar-refractivity contribution in [2.24, 2.45) is 0 Å². The minimum atomic E-state index is -0.131. The molecule has 0 bridgehead atoms. The van der Waals surface area contributed by atoms with Gasteiger partial charge in [-0.05, 0) is 42.8 Å². The molecule has 1 aromatic heterocycles. The second-order valence-corrected chi connectivity index (χ2v) is 5.14. The molecule has 118 valence electrons. The van der Waals surface area contributed by atoms with Gasteiger partial charge in [-0.15, -0.1) is 5.10 Å². The lowest BCUT2D eigenvalue weighted by molar-refractivity contribution is 0.0951. The maximum atomic E-state index is 12.3. The fourth-order valence-corrected chi connectivity index (χ4v) is 2.37. The van der Waals surface area contributed by atoms with E-state index >= 15 is 0 Å². The second kappa shape index (κ2) is 6.48. The first kappa shape index (κ1) is 15.0. The third kappa shape index (κ3) is 3.15. The second-order valence-electron chi connectivity index (χ2n) is 5.14. The van der Waals surface area contributed by atoms with E-state index in [0.29, 0.717) is 12.1 Å². The smallest absolute Gasteiger partial charge is 0.251 e. The predicted octanol–water partition coefficient (Wildman–Crippen LogP) is 2.39. The van der Waals surface area contributed by atoms with Gasteiger partial charge in [-0.3, -0.25) is 4.79 Å². The number of aryl methyl sites for hydroxylation is 1. The maximum absolute atomic E-state index is 12.3. The fourth-order valence-electron chi connectivity index (χ4n) is 2.37. The number of hydrogen-bond acceptors (Lipinski definition) is 4. The molecular weight excluding hydrogens is 292 g/mol. The summed E-state index contributed by atoms with van der Waals surface area (Å²) in [5, 5.41) is 11.0. The number of carbonyl (C=O) groups is 1. The number of methoxy groups -OCH3 is 1. The molecule has 6 nitrogen and oxygen atoms in total. The Morgan fingerprint density at radius 2 is 2.00 bits per heavy atom. The summed E-state index contributed by atoms with van der Waals surface area (Å²) in [5.74, 6) is 0.665. The van der Waals surface area contributed by atoms with Crippen molar-refractivity contribution in [3.8, 4) is 5.75 Å². The van der Waals surface area contributed by atoms with Crippen LogP contribution in [0.1, 0.15) is 22.8 Å². The number of rotatable bonds is 5. The number of fused-ring (bicyclic) bond motifs is 1. The molecule has 0 spiro atoms. The first-order valence-electron chi connectivity index (χ1n) is 7.45. The van der Waals surface area contributed by atoms with Crippen molar-refractivity contribution in [1.82, 2.24) is 20.3 Å². The van der Waals surface area contributed by atoms with E-state index in [1.165, 1.54) is 0 Å². The third-order valence-electron chi connectivity index (χ3n) is 3.69. The lowest BCUT2D eigenvalue weighted by Crippen LogP contribution is -2.22. The van der Waals surface area contributed by atoms with Gasteiger partial charge in [0.15, 0.2) is 0 Å². The summed E-state index contributed by atoms with van der Waals surface area (Å²) in [6.07, 6.45) is 0. The van der Waals surface area contributed by atoms with Crippen LogP contribution < -0.4 is 10.1 Å². The minimum absolute atomic E-state index is 0.131. The van der Waals surface area contributed by atoms with Crippen molar-refractivity contribution < 1.29 is 9.53 Å². The van der Waals surface area contributed by atoms with Gasteiger partial charge < -0.3 is 10.1 Å². The van der Waals surface area contributed by atoms with E-state index < -0.39 is 0 Å². The van der Waals surface area contributed by atoms with Crippen LogP contribution in [0.25, 0.3) is 11.0 Å². The lowest BCUT2D eigenvalue weighted by Gasteiger charge is -2.06. The van der Waals surface area contributed by atoms with Crippen LogP contribution in [0.2, 0.25) is 0 Å². The molecule has 0 aliphatic heterocycles. The highest BCUT2D eigenvalue weighted by Gasteiger charge is 2.09. The van der Waals surface area contributed by atoms with Crippen LogP contribution in [0.4, 0.5) is 0 Å². The number of carbonyl (C=O) groups excluding carboxylic acids is 1. The Morgan fingerprint density at radius 3 is 2.70 bits per heavy atom. The van der Waals surface area contributed by atoms with Gasteiger partial charge in [0.1, 0.15) is 11.3 Å². The van der Waals surface area contributed by atoms with E-state index in [9.17, 15) is 4.79 Å². The molecule has 0 aliphatic carbocycles. The fraction of sp³-hybridized carbons (Fsp3) is 0.235. The third-order valence-corrected chi connectivity index (χ3v) is 3.69. The Labute approximate surface area is 134 Å². The molecule has 0 atom stereocenters. The van der Waals surface area contributed by atoms with E-state index in [1.807, 2.05) is 37.3 Å². The largest absolute Gasteiger partial charge is 0.497 e. The predicted molar refractivity (Wildman–Crippen MR) is 87.4 cm³/mol. The SMILES string of the molecule is CCn1nnc2cc(C(=O)NCc3ccc(OC)cc3)ccc21. The van der Waals surface area contributed by atoms with Crippen molar-refractivity contribution in [2.75, 3.05) is 7.11 Å². The number of amides is 1. The highest BCUT2D eigenvalue weighted by atomic mass is 16.5. The molecule has 0 aliphatic rings. The Bertz CT molecular complexity index is 824. The average Bonchev–Trinajstić information content (AvgIpc) is 3.02. The van der Waals surface area contributed by atoms with Crippen molar-refractivity contribution in [2.45, 2.75) is 20.0 Å². The number of aromatic nitrogens is 3. The highest BCUT2D eigenvalue weighted by molar-refractivity contribution is 5.97. The zero-order chi connectivity index (χ0) is 16.2. The maximum Gasteiger partial charge on any atom is 0.251 e. The molecule has 0 unspecified atom stereocenters. The van der Waals surface area contributed by atoms with Gasteiger partial charge in [-0.25, -0.2) is 4.68 Å². The zero-order valence-corrected chi connectivity index (χ0v) is 13.1. The molecule has 0 saturated carbocycles. The summed E-state index contributed by atoms with van der Waals surface area (Å²) in [5.41, 5.74) is 3.24. The number of ether oxygens (including phenoxy) is 1. The van der Waals surface area contributed by atoms with Crippen LogP contribution in [0.3, 0.4) is 0 Å². The zero-order valence-electron chi connectivity index (χ0n) is 13.1. The number of nitrogens with zero attached hydrogens (tertiary/aromatic N) is 3. The van der Waals surface area contributed by atoms with Gasteiger partial charge in [-0.2, -0.15) is 0 Å². The molecule has 1 amide bonds. The van der Waals surface area contributed by atoms with Gasteiger partial charge in [0.2, 0.25) is 0 Å². The average molecular weight is 310 g/mol. The summed E-state index contributed by atoms with van der Waals surface area (Å²) >= 11 is 0. The lowest BCUT2D eigenvalue weighted by atomic mass is 10.1. The summed E-state index contributed by atoms with van der Waals surface area (Å²) < 4.78 is 6.91. The van der Waals surface area contributed by atoms with Gasteiger partial charge in [0.05, 0.1) is 12.6 Å². The van der Waals surface area contributed by atoms with Crippen LogP contribution >= 0.6 is 0 Å². The first-order chi connectivity index (χ1) is 11.2. The molecule has 23 heavy (non-hydrogen) atoms. The molecule has 6 heteroatoms. The van der Waals surface area contributed by atoms with E-state index in [0.717, 1.165) is 28.9 Å². The number of hydrogen-bond donors (Lipinski definition) is 1. The molecule has 3 rings (SSSR count). The van der Waals surface area contributed by atoms with Crippen LogP contribution in [0.15, 0.2) is 42.5 Å². The van der Waals surface area contributed by atoms with Crippen molar-refractivity contribution in [3.63, 3.8) is 0 Å². The molecule has 0 saturated heterocycles. The normalized spacial score (nSPS) is 10.7. The molecular formula is C17H18N4O2. The Kier molecular flexibility index (Phi) is 4.23. The van der Waals surface area contributed by atoms with Crippen molar-refractivity contribution in [3.05, 3.63) is 53.6 Å². The van der Waals surface area contributed by atoms with Crippen LogP contribution in [0, 0.1) is 0 Å². The number of nitrogens with one attached hydrogen (secondary N) is 1. The standard InChI is InChI=1S/C17H18N4O2/c1-3-21-16-9-6-13(10-15(16)19-20-21)17(22)18-11-12-4-7-14(23-2)8-5-12/h4-10H,3,11H2,1-2H3,(H,18,22). The Balaban J connectivity index is 1.70. The van der Waals surface area contributed by atoms with Crippen LogP contribution in [-0.4, -0.2) is 28.0 Å². The van der Waals surface area contributed by atoms with E-state index in [1.54, 1.807) is 23.9 Å². The minimum Gasteiger partial charge on any atom is -0.497 e. The van der Waals surface area contributed by atoms with Gasteiger partial charge in [0, 0.05) is 18.7 Å². The van der Waals surface area contributed by atoms with Crippen LogP contribution in [0.5, 0.6) is 5.75 Å². The van der Waals surface area contributed by atoms with E-state index in [2.05, 4.69) is 15.6 Å². The number of benzene rings is 2. The van der Waals surface area contributed by atoms with Gasteiger partial charge in [-0.1, -0.05) is 17.3 Å². The molecule has 0 fully saturated rings. The molecule has 1 heterocycles. The van der Waals surface area contributed by atoms with E-state index in [4.69, 9.17) is 4.74 Å². The van der Waals surface area contributed by atoms with Gasteiger partial charge in [0.25, 0.3) is 5.91 Å². The Hall–Kier alpha value is -2.89. The Morgan fingerprint density at radius 1 is 1.22 bits per heavy atom. The van der Waals surface area contributed by atoms with Crippen molar-refractivity contribution >= 4 is 16.9 Å². The van der Waals surface area contributed by atoms with E-state index in [-0.39, 0.29) is 5.91 Å². The summed E-state index contributed by atoms with van der Waals surface area (Å²) in [4.78, 5) is 12.3. The van der Waals surface area contributed by atoms with Gasteiger partial charge >= 0.3 is 0 Å². The molecule has 0 radical (unpaired) electrons. The summed E-state index contributed by atoms with van der Waals surface area (Å²) in [6, 6.07) is 13.0. The first-order valence-corrected chi connectivity index (χ1v) is 7.45. The monoisotopic (exact) mass is 310 g/mol. The van der Waals surface area contributed by atoms with Crippen molar-refractivity contribution in [1.29, 1.82) is 0 Å². The summed E-state index contributed by atoms with van der Waals surface area (Å²) in [6.45, 7) is 3.21. The summed E-state index contributed by atoms with van der Waals surface area (Å²) in [7, 11) is 1.63. The molecule has 3 aromatic rings. The molecule has 1 N–H and O–H groups in total.